The number of hydrogen-bond acceptors (Lipinski definition) is 4. The van der Waals surface area contributed by atoms with E-state index in [-0.39, 0.29) is 13.0 Å². The van der Waals surface area contributed by atoms with Crippen LogP contribution in [0.3, 0.4) is 0 Å². The van der Waals surface area contributed by atoms with E-state index < -0.39 is 11.9 Å². The summed E-state index contributed by atoms with van der Waals surface area (Å²) in [7, 11) is 0. The van der Waals surface area contributed by atoms with Gasteiger partial charge in [-0.05, 0) is 42.0 Å². The van der Waals surface area contributed by atoms with E-state index in [0.717, 1.165) is 42.1 Å². The molecule has 1 saturated carbocycles. The minimum absolute atomic E-state index is 0.0463. The molecule has 3 aromatic rings. The number of alkyl halides is 2. The number of carbonyl (C=O) groups is 1. The Morgan fingerprint density at radius 1 is 1.03 bits per heavy atom. The highest BCUT2D eigenvalue weighted by atomic mass is 32.1. The maximum Gasteiger partial charge on any atom is 0.345 e. The molecule has 2 aliphatic heterocycles. The zero-order valence-corrected chi connectivity index (χ0v) is 21.3. The van der Waals surface area contributed by atoms with Crippen LogP contribution in [-0.4, -0.2) is 64.1 Å². The van der Waals surface area contributed by atoms with Crippen LogP contribution in [0.5, 0.6) is 0 Å². The van der Waals surface area contributed by atoms with Gasteiger partial charge in [0.25, 0.3) is 5.92 Å². The van der Waals surface area contributed by atoms with Crippen molar-refractivity contribution in [3.63, 3.8) is 0 Å². The van der Waals surface area contributed by atoms with E-state index in [1.807, 2.05) is 4.90 Å². The smallest absolute Gasteiger partial charge is 0.345 e. The molecular weight excluding hydrogens is 480 g/mol. The van der Waals surface area contributed by atoms with Crippen LogP contribution in [0.1, 0.15) is 65.2 Å². The van der Waals surface area contributed by atoms with E-state index in [4.69, 9.17) is 0 Å². The molecule has 5 nitrogen and oxygen atoms in total. The molecule has 2 aromatic heterocycles. The molecule has 4 heterocycles. The van der Waals surface area contributed by atoms with Crippen molar-refractivity contribution in [1.82, 2.24) is 14.4 Å². The molecule has 192 valence electrons. The maximum atomic E-state index is 13.7. The molecule has 1 saturated heterocycles. The average Bonchev–Trinajstić information content (AvgIpc) is 3.52. The first-order chi connectivity index (χ1) is 17.4. The predicted molar refractivity (Wildman–Crippen MR) is 139 cm³/mol. The van der Waals surface area contributed by atoms with Gasteiger partial charge >= 0.3 is 5.97 Å². The molecule has 0 atom stereocenters. The van der Waals surface area contributed by atoms with Crippen LogP contribution in [0.4, 0.5) is 8.78 Å². The van der Waals surface area contributed by atoms with Gasteiger partial charge in [0.2, 0.25) is 0 Å². The van der Waals surface area contributed by atoms with Crippen LogP contribution in [0.15, 0.2) is 30.3 Å². The normalized spacial score (nSPS) is 21.3. The number of carboxylic acid groups (broad SMARTS) is 1. The Bertz CT molecular complexity index is 1280. The van der Waals surface area contributed by atoms with Crippen LogP contribution in [0, 0.1) is 0 Å². The number of fused-ring (bicyclic) bond motifs is 5. The van der Waals surface area contributed by atoms with Crippen molar-refractivity contribution < 1.29 is 18.7 Å². The third kappa shape index (κ3) is 4.71. The van der Waals surface area contributed by atoms with Gasteiger partial charge in [0, 0.05) is 51.3 Å². The van der Waals surface area contributed by atoms with Crippen LogP contribution in [0.25, 0.3) is 21.5 Å². The standard InChI is InChI=1S/C28H33F2N3O2S/c29-28(30)8-9-32(18-28)11-10-31-12-13-33-23(15-25-24(33)16-26(36-25)27(34)35)22-7-6-20(14-21(22)17-31)19-4-2-1-3-5-19/h6-7,14-16,19H,1-5,8-13,17-18H2,(H,34,35). The number of halogens is 2. The largest absolute Gasteiger partial charge is 0.477 e. The molecule has 36 heavy (non-hydrogen) atoms. The van der Waals surface area contributed by atoms with Crippen molar-refractivity contribution >= 4 is 27.5 Å². The molecule has 0 bridgehead atoms. The number of hydrogen-bond donors (Lipinski definition) is 1. The number of carboxylic acids is 1. The molecule has 0 amide bonds. The first-order valence-corrected chi connectivity index (χ1v) is 14.0. The number of aromatic nitrogens is 1. The zero-order chi connectivity index (χ0) is 24.9. The third-order valence-corrected chi connectivity index (χ3v) is 9.36. The number of nitrogens with zero attached hydrogens (tertiary/aromatic N) is 3. The van der Waals surface area contributed by atoms with Gasteiger partial charge in [-0.25, -0.2) is 13.6 Å². The molecule has 8 heteroatoms. The van der Waals surface area contributed by atoms with Gasteiger partial charge in [-0.2, -0.15) is 0 Å². The lowest BCUT2D eigenvalue weighted by Crippen LogP contribution is -2.37. The van der Waals surface area contributed by atoms with Crippen molar-refractivity contribution in [1.29, 1.82) is 0 Å². The van der Waals surface area contributed by atoms with Gasteiger partial charge in [-0.3, -0.25) is 9.80 Å². The van der Waals surface area contributed by atoms with E-state index in [2.05, 4.69) is 33.7 Å². The molecular formula is C28H33F2N3O2S. The summed E-state index contributed by atoms with van der Waals surface area (Å²) in [5.41, 5.74) is 6.02. The maximum absolute atomic E-state index is 13.7. The second-order valence-corrected chi connectivity index (χ2v) is 11.8. The Morgan fingerprint density at radius 3 is 2.58 bits per heavy atom. The Balaban J connectivity index is 1.34. The van der Waals surface area contributed by atoms with Gasteiger partial charge in [0.05, 0.1) is 22.5 Å². The average molecular weight is 514 g/mol. The molecule has 0 spiro atoms. The second-order valence-electron chi connectivity index (χ2n) is 10.8. The molecule has 1 aliphatic carbocycles. The Labute approximate surface area is 214 Å². The fourth-order valence-electron chi connectivity index (χ4n) is 6.33. The fourth-order valence-corrected chi connectivity index (χ4v) is 7.27. The summed E-state index contributed by atoms with van der Waals surface area (Å²) in [5.74, 6) is -2.84. The molecule has 0 unspecified atom stereocenters. The van der Waals surface area contributed by atoms with Gasteiger partial charge in [-0.15, -0.1) is 11.3 Å². The van der Waals surface area contributed by atoms with Crippen LogP contribution in [0.2, 0.25) is 0 Å². The minimum Gasteiger partial charge on any atom is -0.477 e. The lowest BCUT2D eigenvalue weighted by molar-refractivity contribution is 0.0113. The highest BCUT2D eigenvalue weighted by Gasteiger charge is 2.38. The van der Waals surface area contributed by atoms with Crippen LogP contribution < -0.4 is 0 Å². The van der Waals surface area contributed by atoms with Crippen LogP contribution >= 0.6 is 11.3 Å². The summed E-state index contributed by atoms with van der Waals surface area (Å²) < 4.78 is 30.7. The van der Waals surface area contributed by atoms with Gasteiger partial charge in [0.15, 0.2) is 0 Å². The zero-order valence-electron chi connectivity index (χ0n) is 20.5. The van der Waals surface area contributed by atoms with E-state index in [1.54, 1.807) is 6.07 Å². The topological polar surface area (TPSA) is 48.7 Å². The first-order valence-electron chi connectivity index (χ1n) is 13.2. The van der Waals surface area contributed by atoms with E-state index in [9.17, 15) is 18.7 Å². The highest BCUT2D eigenvalue weighted by molar-refractivity contribution is 7.20. The lowest BCUT2D eigenvalue weighted by Gasteiger charge is -2.30. The van der Waals surface area contributed by atoms with Gasteiger partial charge < -0.3 is 9.67 Å². The van der Waals surface area contributed by atoms with Crippen molar-refractivity contribution in [3.8, 4) is 11.3 Å². The SMILES string of the molecule is O=C(O)c1cc2c(cc3n2CCN(CCN2CCC(F)(F)C2)Cc2cc(C4CCCCC4)ccc2-3)s1. The summed E-state index contributed by atoms with van der Waals surface area (Å²) in [6.45, 7) is 4.05. The number of benzene rings is 1. The fraction of sp³-hybridized carbons (Fsp3) is 0.536. The van der Waals surface area contributed by atoms with E-state index in [1.165, 1.54) is 60.1 Å². The van der Waals surface area contributed by atoms with E-state index in [0.29, 0.717) is 23.9 Å². The van der Waals surface area contributed by atoms with Crippen molar-refractivity contribution in [2.45, 2.75) is 63.5 Å². The Morgan fingerprint density at radius 2 is 1.83 bits per heavy atom. The minimum atomic E-state index is -2.57. The summed E-state index contributed by atoms with van der Waals surface area (Å²) in [5, 5.41) is 9.51. The molecule has 6 rings (SSSR count). The van der Waals surface area contributed by atoms with E-state index >= 15 is 0 Å². The second kappa shape index (κ2) is 9.54. The Hall–Kier alpha value is -2.29. The molecule has 2 fully saturated rings. The number of likely N-dealkylation sites (tertiary alicyclic amines) is 1. The number of aromatic carboxylic acids is 1. The summed E-state index contributed by atoms with van der Waals surface area (Å²) in [6, 6.07) is 10.9. The quantitative estimate of drug-likeness (QED) is 0.437. The monoisotopic (exact) mass is 513 g/mol. The Kier molecular flexibility index (Phi) is 6.38. The molecule has 3 aliphatic rings. The van der Waals surface area contributed by atoms with Crippen molar-refractivity contribution in [2.24, 2.45) is 0 Å². The third-order valence-electron chi connectivity index (χ3n) is 8.30. The summed E-state index contributed by atoms with van der Waals surface area (Å²) in [6.07, 6.45) is 6.35. The first kappa shape index (κ1) is 24.1. The summed E-state index contributed by atoms with van der Waals surface area (Å²) >= 11 is 1.33. The molecule has 1 aromatic carbocycles. The number of thiophene rings is 1. The molecule has 1 N–H and O–H groups in total. The van der Waals surface area contributed by atoms with Crippen molar-refractivity contribution in [2.75, 3.05) is 32.7 Å². The molecule has 0 radical (unpaired) electrons. The predicted octanol–water partition coefficient (Wildman–Crippen LogP) is 6.27. The lowest BCUT2D eigenvalue weighted by atomic mass is 9.83. The van der Waals surface area contributed by atoms with Crippen molar-refractivity contribution in [3.05, 3.63) is 46.3 Å². The van der Waals surface area contributed by atoms with Crippen LogP contribution in [-0.2, 0) is 13.1 Å². The number of rotatable bonds is 5. The van der Waals surface area contributed by atoms with Gasteiger partial charge in [0.1, 0.15) is 4.88 Å². The van der Waals surface area contributed by atoms with Gasteiger partial charge in [-0.1, -0.05) is 37.5 Å². The summed E-state index contributed by atoms with van der Waals surface area (Å²) in [4.78, 5) is 16.2. The highest BCUT2D eigenvalue weighted by Crippen LogP contribution is 2.39.